The number of fused-ring (bicyclic) bond motifs is 1. The lowest BCUT2D eigenvalue weighted by molar-refractivity contribution is -0.336. The Morgan fingerprint density at radius 3 is 2.88 bits per heavy atom. The van der Waals surface area contributed by atoms with Crippen LogP contribution in [0.15, 0.2) is 30.6 Å². The Hall–Kier alpha value is -2.32. The van der Waals surface area contributed by atoms with Crippen molar-refractivity contribution in [2.45, 2.75) is 32.6 Å². The second-order valence-corrected chi connectivity index (χ2v) is 8.95. The molecule has 1 aliphatic rings. The molecular formula is C21H22FIN4O5. The van der Waals surface area contributed by atoms with E-state index in [9.17, 15) is 9.90 Å². The molecule has 2 aromatic carbocycles. The number of benzene rings is 2. The number of imidazole rings is 1. The number of aliphatic hydroxyl groups excluding tert-OH is 1. The molecule has 32 heavy (non-hydrogen) atoms. The molecule has 1 heterocycles. The monoisotopic (exact) mass is 556 g/mol. The highest BCUT2D eigenvalue weighted by atomic mass is 127. The van der Waals surface area contributed by atoms with Crippen molar-refractivity contribution in [2.75, 3.05) is 11.9 Å². The van der Waals surface area contributed by atoms with Gasteiger partial charge in [0.1, 0.15) is 5.52 Å². The quantitative estimate of drug-likeness (QED) is 0.137. The number of carbonyl (C=O) groups is 1. The predicted molar refractivity (Wildman–Crippen MR) is 123 cm³/mol. The molecule has 0 bridgehead atoms. The number of hydrogen-bond acceptors (Lipinski definition) is 7. The molecule has 1 unspecified atom stereocenters. The van der Waals surface area contributed by atoms with Gasteiger partial charge >= 0.3 is 0 Å². The van der Waals surface area contributed by atoms with Crippen molar-refractivity contribution in [1.82, 2.24) is 15.0 Å². The van der Waals surface area contributed by atoms with Crippen LogP contribution in [0.4, 0.5) is 15.8 Å². The van der Waals surface area contributed by atoms with Gasteiger partial charge in [-0.1, -0.05) is 0 Å². The van der Waals surface area contributed by atoms with E-state index in [1.807, 2.05) is 19.1 Å². The second kappa shape index (κ2) is 9.67. The molecule has 0 spiro atoms. The van der Waals surface area contributed by atoms with Crippen LogP contribution < -0.4 is 10.8 Å². The number of nitrogens with zero attached hydrogens (tertiary/aromatic N) is 2. The molecule has 1 atom stereocenters. The average molecular weight is 556 g/mol. The van der Waals surface area contributed by atoms with Crippen molar-refractivity contribution in [1.29, 1.82) is 0 Å². The van der Waals surface area contributed by atoms with Crippen LogP contribution in [0.3, 0.4) is 0 Å². The van der Waals surface area contributed by atoms with E-state index in [0.717, 1.165) is 22.0 Å². The first-order valence-corrected chi connectivity index (χ1v) is 11.1. The van der Waals surface area contributed by atoms with E-state index in [0.29, 0.717) is 18.2 Å². The van der Waals surface area contributed by atoms with Crippen LogP contribution in [0.1, 0.15) is 28.8 Å². The van der Waals surface area contributed by atoms with Gasteiger partial charge in [0.15, 0.2) is 5.82 Å². The third-order valence-corrected chi connectivity index (χ3v) is 5.88. The van der Waals surface area contributed by atoms with Gasteiger partial charge in [-0.15, -0.1) is 0 Å². The van der Waals surface area contributed by atoms with Gasteiger partial charge in [-0.05, 0) is 78.1 Å². The lowest BCUT2D eigenvalue weighted by Gasteiger charge is -2.16. The van der Waals surface area contributed by atoms with Crippen molar-refractivity contribution in [3.05, 3.63) is 51.1 Å². The largest absolute Gasteiger partial charge is 0.364 e. The summed E-state index contributed by atoms with van der Waals surface area (Å²) in [7, 11) is 0. The number of amides is 1. The van der Waals surface area contributed by atoms with Gasteiger partial charge in [-0.2, -0.15) is 0 Å². The molecule has 170 valence electrons. The molecule has 1 fully saturated rings. The highest BCUT2D eigenvalue weighted by Gasteiger charge is 2.25. The number of aromatic nitrogens is 2. The summed E-state index contributed by atoms with van der Waals surface area (Å²) in [6, 6.07) is 7.06. The van der Waals surface area contributed by atoms with Crippen LogP contribution in [0, 0.1) is 22.2 Å². The van der Waals surface area contributed by atoms with E-state index in [1.54, 1.807) is 6.07 Å². The van der Waals surface area contributed by atoms with Gasteiger partial charge in [0.05, 0.1) is 36.2 Å². The Labute approximate surface area is 196 Å². The summed E-state index contributed by atoms with van der Waals surface area (Å²) in [4.78, 5) is 26.2. The molecule has 0 saturated heterocycles. The molecule has 9 nitrogen and oxygen atoms in total. The summed E-state index contributed by atoms with van der Waals surface area (Å²) in [6.45, 7) is 2.06. The number of anilines is 2. The fraction of sp³-hybridized carbons (Fsp3) is 0.333. The third kappa shape index (κ3) is 5.02. The standard InChI is InChI=1S/C21H22FIN4O5/c1-11-6-13(23)4-5-15(11)25-19-14(21(29)26-31-9-12-2-3-12)7-16-20(18(19)22)24-10-27(16)8-17(28)32-30/h4-7,10,12,17,25,28,30H,2-3,8-9H2,1H3,(H,26,29). The van der Waals surface area contributed by atoms with E-state index in [2.05, 4.69) is 43.3 Å². The highest BCUT2D eigenvalue weighted by Crippen LogP contribution is 2.33. The number of nitrogens with one attached hydrogen (secondary N) is 2. The summed E-state index contributed by atoms with van der Waals surface area (Å²) in [5.74, 6) is -0.919. The Balaban J connectivity index is 1.74. The zero-order valence-corrected chi connectivity index (χ0v) is 19.3. The van der Waals surface area contributed by atoms with Crippen LogP contribution in [0.2, 0.25) is 0 Å². The summed E-state index contributed by atoms with van der Waals surface area (Å²) in [5.41, 5.74) is 4.10. The molecule has 1 amide bonds. The molecule has 11 heteroatoms. The van der Waals surface area contributed by atoms with Gasteiger partial charge in [0.2, 0.25) is 6.29 Å². The Morgan fingerprint density at radius 1 is 1.41 bits per heavy atom. The molecule has 4 rings (SSSR count). The zero-order valence-electron chi connectivity index (χ0n) is 17.1. The van der Waals surface area contributed by atoms with Crippen molar-refractivity contribution in [3.8, 4) is 0 Å². The van der Waals surface area contributed by atoms with Crippen LogP contribution in [0.5, 0.6) is 0 Å². The van der Waals surface area contributed by atoms with Crippen molar-refractivity contribution in [2.24, 2.45) is 5.92 Å². The van der Waals surface area contributed by atoms with Gasteiger partial charge in [-0.25, -0.2) is 25.0 Å². The molecule has 4 N–H and O–H groups in total. The number of rotatable bonds is 9. The molecule has 3 aromatic rings. The highest BCUT2D eigenvalue weighted by molar-refractivity contribution is 14.1. The maximum atomic E-state index is 15.6. The molecule has 1 saturated carbocycles. The van der Waals surface area contributed by atoms with Crippen molar-refractivity contribution in [3.63, 3.8) is 0 Å². The minimum absolute atomic E-state index is 0.00347. The fourth-order valence-electron chi connectivity index (χ4n) is 3.27. The third-order valence-electron chi connectivity index (χ3n) is 5.20. The number of aliphatic hydroxyl groups is 1. The summed E-state index contributed by atoms with van der Waals surface area (Å²) < 4.78 is 18.0. The minimum Gasteiger partial charge on any atom is -0.364 e. The molecular weight excluding hydrogens is 534 g/mol. The van der Waals surface area contributed by atoms with Crippen molar-refractivity contribution < 1.29 is 29.3 Å². The SMILES string of the molecule is Cc1cc(I)ccc1Nc1c(C(=O)NOCC2CC2)cc2c(ncn2CC(O)OO)c1F. The number of hydrogen-bond donors (Lipinski definition) is 4. The number of hydroxylamine groups is 1. The number of carbonyl (C=O) groups excluding carboxylic acids is 1. The van der Waals surface area contributed by atoms with Gasteiger partial charge in [0.25, 0.3) is 5.91 Å². The lowest BCUT2D eigenvalue weighted by Crippen LogP contribution is -2.26. The van der Waals surface area contributed by atoms with E-state index >= 15 is 4.39 Å². The Morgan fingerprint density at radius 2 is 2.19 bits per heavy atom. The van der Waals surface area contributed by atoms with E-state index < -0.39 is 18.0 Å². The van der Waals surface area contributed by atoms with Crippen LogP contribution in [-0.2, 0) is 16.3 Å². The van der Waals surface area contributed by atoms with Gasteiger partial charge in [-0.3, -0.25) is 9.63 Å². The van der Waals surface area contributed by atoms with Crippen LogP contribution >= 0.6 is 22.6 Å². The number of halogens is 2. The van der Waals surface area contributed by atoms with E-state index in [1.165, 1.54) is 17.0 Å². The lowest BCUT2D eigenvalue weighted by atomic mass is 10.1. The maximum absolute atomic E-state index is 15.6. The van der Waals surface area contributed by atoms with Gasteiger partial charge in [0, 0.05) is 9.26 Å². The summed E-state index contributed by atoms with van der Waals surface area (Å²) >= 11 is 2.19. The predicted octanol–water partition coefficient (Wildman–Crippen LogP) is 3.71. The molecule has 0 aliphatic heterocycles. The Bertz CT molecular complexity index is 1150. The molecule has 1 aromatic heterocycles. The second-order valence-electron chi connectivity index (χ2n) is 7.71. The topological polar surface area (TPSA) is 118 Å². The zero-order chi connectivity index (χ0) is 22.8. The average Bonchev–Trinajstić information content (AvgIpc) is 3.50. The maximum Gasteiger partial charge on any atom is 0.277 e. The summed E-state index contributed by atoms with van der Waals surface area (Å²) in [5, 5.41) is 21.3. The van der Waals surface area contributed by atoms with Crippen LogP contribution in [-0.4, -0.2) is 38.7 Å². The van der Waals surface area contributed by atoms with E-state index in [-0.39, 0.29) is 28.8 Å². The van der Waals surface area contributed by atoms with Crippen LogP contribution in [0.25, 0.3) is 11.0 Å². The molecule has 1 aliphatic carbocycles. The fourth-order valence-corrected chi connectivity index (χ4v) is 3.92. The minimum atomic E-state index is -1.54. The number of aryl methyl sites for hydroxylation is 1. The van der Waals surface area contributed by atoms with E-state index in [4.69, 9.17) is 10.1 Å². The smallest absolute Gasteiger partial charge is 0.277 e. The van der Waals surface area contributed by atoms with Gasteiger partial charge < -0.3 is 15.0 Å². The first kappa shape index (κ1) is 22.9. The van der Waals surface area contributed by atoms with Crippen molar-refractivity contribution >= 4 is 50.9 Å². The first-order valence-electron chi connectivity index (χ1n) is 9.98. The normalized spacial score (nSPS) is 14.5. The summed E-state index contributed by atoms with van der Waals surface area (Å²) in [6.07, 6.45) is 1.87. The first-order chi connectivity index (χ1) is 15.4. The Kier molecular flexibility index (Phi) is 6.90. The molecule has 0 radical (unpaired) electrons.